The second-order valence-corrected chi connectivity index (χ2v) is 7.20. The second kappa shape index (κ2) is 4.46. The molecule has 3 nitrogen and oxygen atoms in total. The van der Waals surface area contributed by atoms with Crippen molar-refractivity contribution in [1.82, 2.24) is 10.2 Å². The first-order valence-corrected chi connectivity index (χ1v) is 7.56. The van der Waals surface area contributed by atoms with Gasteiger partial charge in [0.05, 0.1) is 6.10 Å². The van der Waals surface area contributed by atoms with Gasteiger partial charge in [-0.1, -0.05) is 13.8 Å². The first-order chi connectivity index (χ1) is 8.54. The molecule has 1 saturated heterocycles. The molecule has 0 aromatic rings. The maximum Gasteiger partial charge on any atom is 0.0652 e. The van der Waals surface area contributed by atoms with Crippen LogP contribution in [0.15, 0.2) is 0 Å². The van der Waals surface area contributed by atoms with E-state index >= 15 is 0 Å². The quantitative estimate of drug-likeness (QED) is 0.830. The van der Waals surface area contributed by atoms with E-state index in [0.29, 0.717) is 23.6 Å². The van der Waals surface area contributed by atoms with E-state index in [1.807, 2.05) is 7.11 Å². The molecule has 18 heavy (non-hydrogen) atoms. The summed E-state index contributed by atoms with van der Waals surface area (Å²) in [5, 5.41) is 3.74. The van der Waals surface area contributed by atoms with Gasteiger partial charge >= 0.3 is 0 Å². The van der Waals surface area contributed by atoms with E-state index in [1.165, 1.54) is 25.8 Å². The van der Waals surface area contributed by atoms with Gasteiger partial charge in [-0.25, -0.2) is 0 Å². The highest BCUT2D eigenvalue weighted by Gasteiger charge is 2.53. The summed E-state index contributed by atoms with van der Waals surface area (Å²) in [6, 6.07) is 2.13. The molecule has 3 rings (SSSR count). The van der Waals surface area contributed by atoms with E-state index < -0.39 is 0 Å². The van der Waals surface area contributed by atoms with Crippen LogP contribution in [0.5, 0.6) is 0 Å². The van der Waals surface area contributed by atoms with Crippen LogP contribution in [0.2, 0.25) is 0 Å². The normalized spacial score (nSPS) is 44.7. The molecule has 0 bridgehead atoms. The molecule has 2 aliphatic carbocycles. The van der Waals surface area contributed by atoms with Crippen LogP contribution in [0, 0.1) is 11.3 Å². The topological polar surface area (TPSA) is 24.5 Å². The van der Waals surface area contributed by atoms with E-state index in [4.69, 9.17) is 4.74 Å². The Bertz CT molecular complexity index is 314. The number of hydrogen-bond donors (Lipinski definition) is 1. The predicted molar refractivity (Wildman–Crippen MR) is 73.7 cm³/mol. The van der Waals surface area contributed by atoms with Crippen molar-refractivity contribution >= 4 is 0 Å². The van der Waals surface area contributed by atoms with Gasteiger partial charge in [0.1, 0.15) is 0 Å². The minimum Gasteiger partial charge on any atom is -0.381 e. The lowest BCUT2D eigenvalue weighted by atomic mass is 9.63. The van der Waals surface area contributed by atoms with Crippen LogP contribution in [0.3, 0.4) is 0 Å². The van der Waals surface area contributed by atoms with Crippen LogP contribution in [-0.2, 0) is 4.74 Å². The van der Waals surface area contributed by atoms with Gasteiger partial charge in [0.15, 0.2) is 0 Å². The summed E-state index contributed by atoms with van der Waals surface area (Å²) in [5.41, 5.74) is 0.314. The van der Waals surface area contributed by atoms with E-state index in [2.05, 4.69) is 31.0 Å². The number of piperazine rings is 1. The SMILES string of the molecule is COC1CC(N2CC(C3CC3)NCC2C)C1(C)C. The first-order valence-electron chi connectivity index (χ1n) is 7.56. The summed E-state index contributed by atoms with van der Waals surface area (Å²) < 4.78 is 5.60. The molecule has 4 unspecified atom stereocenters. The number of nitrogens with one attached hydrogen (secondary N) is 1. The van der Waals surface area contributed by atoms with Gasteiger partial charge in [-0.15, -0.1) is 0 Å². The first kappa shape index (κ1) is 12.9. The third-order valence-corrected chi connectivity index (χ3v) is 5.65. The Labute approximate surface area is 111 Å². The summed E-state index contributed by atoms with van der Waals surface area (Å²) >= 11 is 0. The Morgan fingerprint density at radius 1 is 1.28 bits per heavy atom. The largest absolute Gasteiger partial charge is 0.381 e. The van der Waals surface area contributed by atoms with E-state index in [1.54, 1.807) is 0 Å². The highest BCUT2D eigenvalue weighted by Crippen LogP contribution is 2.47. The molecular formula is C15H28N2O. The van der Waals surface area contributed by atoms with Crippen LogP contribution >= 0.6 is 0 Å². The second-order valence-electron chi connectivity index (χ2n) is 7.20. The highest BCUT2D eigenvalue weighted by molar-refractivity contribution is 5.07. The average molecular weight is 252 g/mol. The fraction of sp³-hybridized carbons (Fsp3) is 1.00. The smallest absolute Gasteiger partial charge is 0.0652 e. The van der Waals surface area contributed by atoms with Crippen LogP contribution in [0.1, 0.15) is 40.0 Å². The standard InChI is InChI=1S/C15H28N2O/c1-10-8-16-12(11-5-6-11)9-17(10)13-7-14(18-4)15(13,2)3/h10-14,16H,5-9H2,1-4H3. The fourth-order valence-electron chi connectivity index (χ4n) is 3.99. The lowest BCUT2D eigenvalue weighted by Crippen LogP contribution is -2.68. The highest BCUT2D eigenvalue weighted by atomic mass is 16.5. The Hall–Kier alpha value is -0.120. The van der Waals surface area contributed by atoms with Gasteiger partial charge in [-0.2, -0.15) is 0 Å². The van der Waals surface area contributed by atoms with E-state index in [9.17, 15) is 0 Å². The molecule has 0 spiro atoms. The van der Waals surface area contributed by atoms with Crippen molar-refractivity contribution in [2.45, 2.75) is 64.3 Å². The lowest BCUT2D eigenvalue weighted by Gasteiger charge is -2.58. The van der Waals surface area contributed by atoms with Crippen molar-refractivity contribution in [1.29, 1.82) is 0 Å². The van der Waals surface area contributed by atoms with E-state index in [0.717, 1.165) is 18.5 Å². The van der Waals surface area contributed by atoms with Crippen LogP contribution < -0.4 is 5.32 Å². The van der Waals surface area contributed by atoms with Crippen LogP contribution in [-0.4, -0.2) is 49.3 Å². The molecule has 104 valence electrons. The summed E-state index contributed by atoms with van der Waals surface area (Å²) in [6.07, 6.45) is 4.54. The Kier molecular flexibility index (Phi) is 3.20. The molecular weight excluding hydrogens is 224 g/mol. The lowest BCUT2D eigenvalue weighted by molar-refractivity contribution is -0.151. The number of hydrogen-bond acceptors (Lipinski definition) is 3. The van der Waals surface area contributed by atoms with Crippen molar-refractivity contribution in [2.24, 2.45) is 11.3 Å². The Morgan fingerprint density at radius 3 is 2.56 bits per heavy atom. The van der Waals surface area contributed by atoms with Crippen molar-refractivity contribution in [3.8, 4) is 0 Å². The summed E-state index contributed by atoms with van der Waals surface area (Å²) in [6.45, 7) is 9.51. The molecule has 0 amide bonds. The van der Waals surface area contributed by atoms with Gasteiger partial charge in [-0.05, 0) is 32.1 Å². The third-order valence-electron chi connectivity index (χ3n) is 5.65. The van der Waals surface area contributed by atoms with Crippen molar-refractivity contribution in [3.05, 3.63) is 0 Å². The minimum absolute atomic E-state index is 0.314. The fourth-order valence-corrected chi connectivity index (χ4v) is 3.99. The zero-order valence-electron chi connectivity index (χ0n) is 12.3. The van der Waals surface area contributed by atoms with Crippen LogP contribution in [0.25, 0.3) is 0 Å². The molecule has 3 heteroatoms. The number of ether oxygens (including phenoxy) is 1. The maximum atomic E-state index is 5.60. The third kappa shape index (κ3) is 2.00. The molecule has 1 heterocycles. The number of nitrogens with zero attached hydrogens (tertiary/aromatic N) is 1. The van der Waals surface area contributed by atoms with Gasteiger partial charge in [0, 0.05) is 43.7 Å². The zero-order valence-corrected chi connectivity index (χ0v) is 12.3. The molecule has 3 fully saturated rings. The Morgan fingerprint density at radius 2 is 2.00 bits per heavy atom. The monoisotopic (exact) mass is 252 g/mol. The van der Waals surface area contributed by atoms with Crippen molar-refractivity contribution in [2.75, 3.05) is 20.2 Å². The molecule has 2 saturated carbocycles. The average Bonchev–Trinajstić information content (AvgIpc) is 3.15. The summed E-state index contributed by atoms with van der Waals surface area (Å²) in [4.78, 5) is 2.76. The molecule has 0 aromatic heterocycles. The van der Waals surface area contributed by atoms with Gasteiger partial charge in [0.2, 0.25) is 0 Å². The summed E-state index contributed by atoms with van der Waals surface area (Å²) in [5.74, 6) is 0.960. The van der Waals surface area contributed by atoms with Crippen molar-refractivity contribution in [3.63, 3.8) is 0 Å². The summed E-state index contributed by atoms with van der Waals surface area (Å²) in [7, 11) is 1.86. The molecule has 0 aromatic carbocycles. The van der Waals surface area contributed by atoms with E-state index in [-0.39, 0.29) is 0 Å². The van der Waals surface area contributed by atoms with Gasteiger partial charge in [0.25, 0.3) is 0 Å². The molecule has 0 radical (unpaired) electrons. The predicted octanol–water partition coefficient (Wildman–Crippen LogP) is 1.87. The zero-order chi connectivity index (χ0) is 12.9. The molecule has 1 N–H and O–H groups in total. The van der Waals surface area contributed by atoms with Gasteiger partial charge in [-0.3, -0.25) is 4.90 Å². The molecule has 4 atom stereocenters. The van der Waals surface area contributed by atoms with Crippen LogP contribution in [0.4, 0.5) is 0 Å². The number of rotatable bonds is 3. The minimum atomic E-state index is 0.314. The van der Waals surface area contributed by atoms with Gasteiger partial charge < -0.3 is 10.1 Å². The molecule has 1 aliphatic heterocycles. The maximum absolute atomic E-state index is 5.60. The van der Waals surface area contributed by atoms with Crippen molar-refractivity contribution < 1.29 is 4.74 Å². The molecule has 3 aliphatic rings. The number of methoxy groups -OCH3 is 1. The Balaban J connectivity index is 1.67.